The van der Waals surface area contributed by atoms with Gasteiger partial charge < -0.3 is 39.1 Å². The molecule has 2 fully saturated rings. The molecule has 2 N–H and O–H groups in total. The van der Waals surface area contributed by atoms with Gasteiger partial charge in [-0.1, -0.05) is 0 Å². The molecular formula is C22H38N2O9. The van der Waals surface area contributed by atoms with Crippen LogP contribution in [-0.2, 0) is 38.0 Å². The smallest absolute Gasteiger partial charge is 0.408 e. The average molecular weight is 475 g/mol. The van der Waals surface area contributed by atoms with Gasteiger partial charge >= 0.3 is 12.1 Å². The Morgan fingerprint density at radius 3 is 2.24 bits per heavy atom. The van der Waals surface area contributed by atoms with Crippen molar-refractivity contribution in [3.05, 3.63) is 0 Å². The molecule has 0 aromatic heterocycles. The average Bonchev–Trinajstić information content (AvgIpc) is 3.08. The minimum Gasteiger partial charge on any atom is -0.461 e. The van der Waals surface area contributed by atoms with Crippen molar-refractivity contribution in [3.8, 4) is 0 Å². The maximum absolute atomic E-state index is 12.7. The van der Waals surface area contributed by atoms with Gasteiger partial charge in [-0.25, -0.2) is 9.59 Å². The van der Waals surface area contributed by atoms with Crippen LogP contribution in [0.3, 0.4) is 0 Å². The van der Waals surface area contributed by atoms with Crippen molar-refractivity contribution < 1.29 is 42.8 Å². The number of hydrogen-bond donors (Lipinski definition) is 2. The number of alkyl carbamates (subject to hydrolysis) is 1. The zero-order valence-corrected chi connectivity index (χ0v) is 20.9. The molecule has 33 heavy (non-hydrogen) atoms. The van der Waals surface area contributed by atoms with E-state index in [0.29, 0.717) is 0 Å². The molecule has 2 aliphatic heterocycles. The van der Waals surface area contributed by atoms with Crippen LogP contribution in [0.5, 0.6) is 0 Å². The van der Waals surface area contributed by atoms with E-state index in [9.17, 15) is 14.4 Å². The fraction of sp³-hybridized carbons (Fsp3) is 0.864. The second-order valence-corrected chi connectivity index (χ2v) is 9.99. The molecule has 2 aliphatic rings. The Labute approximate surface area is 195 Å². The number of ether oxygens (including phenoxy) is 6. The molecule has 2 saturated heterocycles. The largest absolute Gasteiger partial charge is 0.461 e. The van der Waals surface area contributed by atoms with Crippen LogP contribution in [0.2, 0.25) is 0 Å². The van der Waals surface area contributed by atoms with Gasteiger partial charge in [0.05, 0.1) is 12.2 Å². The first-order valence-electron chi connectivity index (χ1n) is 11.2. The van der Waals surface area contributed by atoms with Crippen LogP contribution in [0.25, 0.3) is 0 Å². The number of amides is 2. The maximum Gasteiger partial charge on any atom is 0.408 e. The highest BCUT2D eigenvalue weighted by Gasteiger charge is 2.55. The minimum atomic E-state index is -1.04. The molecule has 190 valence electrons. The number of carbonyl (C=O) groups excluding carboxylic acids is 3. The van der Waals surface area contributed by atoms with Crippen LogP contribution in [0, 0.1) is 0 Å². The summed E-state index contributed by atoms with van der Waals surface area (Å²) in [4.78, 5) is 37.5. The number of nitrogens with one attached hydrogen (secondary N) is 2. The summed E-state index contributed by atoms with van der Waals surface area (Å²) in [5.74, 6) is -2.02. The summed E-state index contributed by atoms with van der Waals surface area (Å²) in [6.07, 6.45) is -3.30. The lowest BCUT2D eigenvalue weighted by atomic mass is 10.0. The van der Waals surface area contributed by atoms with Crippen LogP contribution in [0.1, 0.15) is 61.8 Å². The number of hydrogen-bond acceptors (Lipinski definition) is 9. The van der Waals surface area contributed by atoms with Gasteiger partial charge in [-0.05, 0) is 55.4 Å². The normalized spacial score (nSPS) is 28.1. The van der Waals surface area contributed by atoms with Crippen molar-refractivity contribution in [2.24, 2.45) is 0 Å². The molecule has 11 heteroatoms. The molecule has 0 aromatic carbocycles. The zero-order valence-electron chi connectivity index (χ0n) is 20.9. The molecule has 0 radical (unpaired) electrons. The molecule has 11 nitrogen and oxygen atoms in total. The van der Waals surface area contributed by atoms with Crippen molar-refractivity contribution in [1.82, 2.24) is 10.6 Å². The van der Waals surface area contributed by atoms with E-state index in [1.54, 1.807) is 48.5 Å². The molecule has 0 saturated carbocycles. The molecule has 6 atom stereocenters. The lowest BCUT2D eigenvalue weighted by molar-refractivity contribution is -0.218. The molecule has 2 amide bonds. The maximum atomic E-state index is 12.7. The SMILES string of the molecule is CO[C@@H]1[C@H]2OC(C)(C)O[C@H]2O[C@@H]1C[C@H](NC(=O)[C@H](C)NC(=O)OC(C)(C)C)C(=O)OC(C)C. The molecule has 0 aliphatic carbocycles. The number of methoxy groups -OCH3 is 1. The van der Waals surface area contributed by atoms with Crippen molar-refractivity contribution in [2.45, 2.75) is 116 Å². The molecule has 0 bridgehead atoms. The molecule has 0 unspecified atom stereocenters. The van der Waals surface area contributed by atoms with Crippen molar-refractivity contribution in [3.63, 3.8) is 0 Å². The molecule has 0 aromatic rings. The van der Waals surface area contributed by atoms with Crippen LogP contribution in [0.15, 0.2) is 0 Å². The van der Waals surface area contributed by atoms with Gasteiger partial charge in [-0.3, -0.25) is 4.79 Å². The third-order valence-corrected chi connectivity index (χ3v) is 4.91. The van der Waals surface area contributed by atoms with Crippen molar-refractivity contribution >= 4 is 18.0 Å². The Morgan fingerprint density at radius 2 is 1.70 bits per heavy atom. The van der Waals surface area contributed by atoms with E-state index in [4.69, 9.17) is 28.4 Å². The molecule has 2 heterocycles. The van der Waals surface area contributed by atoms with Crippen molar-refractivity contribution in [2.75, 3.05) is 7.11 Å². The highest BCUT2D eigenvalue weighted by atomic mass is 16.8. The first-order valence-corrected chi connectivity index (χ1v) is 11.2. The van der Waals surface area contributed by atoms with Gasteiger partial charge in [0.1, 0.15) is 29.9 Å². The fourth-order valence-corrected chi connectivity index (χ4v) is 3.63. The first kappa shape index (κ1) is 27.3. The lowest BCUT2D eigenvalue weighted by Crippen LogP contribution is -2.53. The molecule has 0 spiro atoms. The van der Waals surface area contributed by atoms with Crippen LogP contribution >= 0.6 is 0 Å². The fourth-order valence-electron chi connectivity index (χ4n) is 3.63. The van der Waals surface area contributed by atoms with Gasteiger partial charge in [-0.15, -0.1) is 0 Å². The zero-order chi connectivity index (χ0) is 25.1. The molecular weight excluding hydrogens is 436 g/mol. The number of carbonyl (C=O) groups is 3. The van der Waals surface area contributed by atoms with E-state index in [0.717, 1.165) is 0 Å². The van der Waals surface area contributed by atoms with Gasteiger partial charge in [0, 0.05) is 13.5 Å². The number of rotatable bonds is 8. The van der Waals surface area contributed by atoms with Gasteiger partial charge in [0.15, 0.2) is 12.1 Å². The summed E-state index contributed by atoms with van der Waals surface area (Å²) in [7, 11) is 1.52. The summed E-state index contributed by atoms with van der Waals surface area (Å²) in [6, 6.07) is -2.00. The van der Waals surface area contributed by atoms with E-state index in [1.807, 2.05) is 0 Å². The van der Waals surface area contributed by atoms with Crippen LogP contribution in [0.4, 0.5) is 4.79 Å². The van der Waals surface area contributed by atoms with Gasteiger partial charge in [-0.2, -0.15) is 0 Å². The highest BCUT2D eigenvalue weighted by molar-refractivity contribution is 5.89. The quantitative estimate of drug-likeness (QED) is 0.504. The third-order valence-electron chi connectivity index (χ3n) is 4.91. The Morgan fingerprint density at radius 1 is 1.06 bits per heavy atom. The number of esters is 1. The Hall–Kier alpha value is -1.95. The van der Waals surface area contributed by atoms with Crippen LogP contribution < -0.4 is 10.6 Å². The third kappa shape index (κ3) is 7.80. The summed E-state index contributed by atoms with van der Waals surface area (Å²) in [6.45, 7) is 13.6. The summed E-state index contributed by atoms with van der Waals surface area (Å²) in [5, 5.41) is 5.10. The summed E-state index contributed by atoms with van der Waals surface area (Å²) < 4.78 is 33.7. The second-order valence-electron chi connectivity index (χ2n) is 9.99. The van der Waals surface area contributed by atoms with E-state index < -0.39 is 66.0 Å². The van der Waals surface area contributed by atoms with Gasteiger partial charge in [0.2, 0.25) is 5.91 Å². The first-order chi connectivity index (χ1) is 15.1. The summed E-state index contributed by atoms with van der Waals surface area (Å²) in [5.41, 5.74) is -0.713. The van der Waals surface area contributed by atoms with E-state index in [1.165, 1.54) is 14.0 Å². The Kier molecular flexibility index (Phi) is 8.72. The minimum absolute atomic E-state index is 0.0646. The predicted octanol–water partition coefficient (Wildman–Crippen LogP) is 1.62. The molecule has 2 rings (SSSR count). The van der Waals surface area contributed by atoms with E-state index in [2.05, 4.69) is 10.6 Å². The van der Waals surface area contributed by atoms with E-state index in [-0.39, 0.29) is 12.5 Å². The van der Waals surface area contributed by atoms with E-state index >= 15 is 0 Å². The monoisotopic (exact) mass is 474 g/mol. The van der Waals surface area contributed by atoms with Crippen LogP contribution in [-0.4, -0.2) is 79.3 Å². The lowest BCUT2D eigenvalue weighted by Gasteiger charge is -2.28. The Bertz CT molecular complexity index is 719. The van der Waals surface area contributed by atoms with Crippen molar-refractivity contribution in [1.29, 1.82) is 0 Å². The second kappa shape index (κ2) is 10.5. The standard InChI is InChI=1S/C22H38N2O9/c1-11(2)29-18(26)13(24-17(25)12(3)23-20(27)33-21(4,5)6)10-14-15(28-9)16-19(30-14)32-22(7,8)31-16/h11-16,19H,10H2,1-9H3,(H,23,27)(H,24,25)/t12-,13-,14+,15-,16+,19+/m0/s1. The Balaban J connectivity index is 2.07. The topological polar surface area (TPSA) is 131 Å². The van der Waals surface area contributed by atoms with Gasteiger partial charge in [0.25, 0.3) is 0 Å². The predicted molar refractivity (Wildman–Crippen MR) is 116 cm³/mol. The summed E-state index contributed by atoms with van der Waals surface area (Å²) >= 11 is 0. The highest BCUT2D eigenvalue weighted by Crippen LogP contribution is 2.39. The number of fused-ring (bicyclic) bond motifs is 1.